The summed E-state index contributed by atoms with van der Waals surface area (Å²) in [7, 11) is 4.96. The Morgan fingerprint density at radius 1 is 1.04 bits per heavy atom. The molecule has 3 aromatic rings. The van der Waals surface area contributed by atoms with Gasteiger partial charge >= 0.3 is 0 Å². The molecule has 2 atom stereocenters. The van der Waals surface area contributed by atoms with Crippen molar-refractivity contribution >= 4 is 29.3 Å². The predicted octanol–water partition coefficient (Wildman–Crippen LogP) is 0.440. The molecule has 0 saturated carbocycles. The number of hydrogen-bond donors (Lipinski definition) is 3. The number of amides is 4. The highest BCUT2D eigenvalue weighted by Gasteiger charge is 2.54. The van der Waals surface area contributed by atoms with Gasteiger partial charge in [-0.05, 0) is 42.7 Å². The Hall–Kier alpha value is -4.91. The zero-order valence-electron chi connectivity index (χ0n) is 26.5. The van der Waals surface area contributed by atoms with Gasteiger partial charge in [-0.15, -0.1) is 0 Å². The fourth-order valence-electron chi connectivity index (χ4n) is 6.27. The summed E-state index contributed by atoms with van der Waals surface area (Å²) in [6, 6.07) is 15.2. The van der Waals surface area contributed by atoms with E-state index in [0.29, 0.717) is 31.7 Å². The number of likely N-dealkylation sites (tertiary alicyclic amines) is 1. The number of carbonyl (C=O) groups is 4. The lowest BCUT2D eigenvalue weighted by Gasteiger charge is -2.44. The van der Waals surface area contributed by atoms with Gasteiger partial charge in [0.15, 0.2) is 0 Å². The molecular formula is C33H42N8O5. The molecule has 13 nitrogen and oxygen atoms in total. The van der Waals surface area contributed by atoms with E-state index in [2.05, 4.69) is 15.6 Å². The van der Waals surface area contributed by atoms with Crippen molar-refractivity contribution < 1.29 is 23.9 Å². The van der Waals surface area contributed by atoms with Crippen molar-refractivity contribution in [2.24, 2.45) is 12.8 Å². The van der Waals surface area contributed by atoms with Crippen LogP contribution in [-0.4, -0.2) is 101 Å². The molecule has 3 heterocycles. The second-order valence-corrected chi connectivity index (χ2v) is 11.9. The number of anilines is 1. The summed E-state index contributed by atoms with van der Waals surface area (Å²) in [6.07, 6.45) is 4.58. The third-order valence-electron chi connectivity index (χ3n) is 8.99. The number of likely N-dealkylation sites (N-methyl/N-ethyl adjacent to an activating group) is 1. The first-order valence-electron chi connectivity index (χ1n) is 15.4. The van der Waals surface area contributed by atoms with Crippen molar-refractivity contribution in [3.8, 4) is 5.75 Å². The lowest BCUT2D eigenvalue weighted by atomic mass is 9.85. The van der Waals surface area contributed by atoms with Gasteiger partial charge in [0.1, 0.15) is 23.9 Å². The number of rotatable bonds is 11. The summed E-state index contributed by atoms with van der Waals surface area (Å²) >= 11 is 0. The molecule has 244 valence electrons. The SMILES string of the molecule is CNC(=O)CN1CN(c2ccccc2)C2(CCN(C(=O)[C@@H](Cc3ccc(OC)cc3)NC(=O)[C@@H](N)Cc3cncn3C)CC2)C1=O. The van der Waals surface area contributed by atoms with Crippen LogP contribution in [0.3, 0.4) is 0 Å². The lowest BCUT2D eigenvalue weighted by Crippen LogP contribution is -2.60. The molecule has 2 aliphatic heterocycles. The van der Waals surface area contributed by atoms with Crippen LogP contribution in [-0.2, 0) is 39.1 Å². The maximum atomic E-state index is 14.1. The van der Waals surface area contributed by atoms with Crippen LogP contribution in [0.25, 0.3) is 0 Å². The van der Waals surface area contributed by atoms with Gasteiger partial charge in [0.25, 0.3) is 5.91 Å². The molecule has 0 radical (unpaired) electrons. The second-order valence-electron chi connectivity index (χ2n) is 11.9. The van der Waals surface area contributed by atoms with Crippen LogP contribution in [0.2, 0.25) is 0 Å². The van der Waals surface area contributed by atoms with Crippen LogP contribution in [0.5, 0.6) is 5.75 Å². The summed E-state index contributed by atoms with van der Waals surface area (Å²) in [5.74, 6) is -0.371. The van der Waals surface area contributed by atoms with Gasteiger partial charge in [-0.2, -0.15) is 0 Å². The van der Waals surface area contributed by atoms with E-state index in [-0.39, 0.29) is 43.8 Å². The van der Waals surface area contributed by atoms with E-state index in [1.807, 2.05) is 66.5 Å². The van der Waals surface area contributed by atoms with Crippen molar-refractivity contribution in [3.05, 3.63) is 78.4 Å². The first kappa shape index (κ1) is 32.5. The quantitative estimate of drug-likeness (QED) is 0.276. The fraction of sp³-hybridized carbons (Fsp3) is 0.424. The lowest BCUT2D eigenvalue weighted by molar-refractivity contribution is -0.141. The Morgan fingerprint density at radius 2 is 1.74 bits per heavy atom. The topological polar surface area (TPSA) is 155 Å². The van der Waals surface area contributed by atoms with Crippen molar-refractivity contribution in [1.82, 2.24) is 30.0 Å². The van der Waals surface area contributed by atoms with Crippen LogP contribution in [0.4, 0.5) is 5.69 Å². The molecule has 1 aromatic heterocycles. The minimum absolute atomic E-state index is 0.0435. The summed E-state index contributed by atoms with van der Waals surface area (Å²) in [4.78, 5) is 63.0. The number of methoxy groups -OCH3 is 1. The van der Waals surface area contributed by atoms with E-state index in [9.17, 15) is 19.2 Å². The van der Waals surface area contributed by atoms with Gasteiger partial charge in [0, 0.05) is 57.6 Å². The van der Waals surface area contributed by atoms with Crippen LogP contribution >= 0.6 is 0 Å². The number of aromatic nitrogens is 2. The van der Waals surface area contributed by atoms with Crippen molar-refractivity contribution in [2.45, 2.75) is 43.3 Å². The Bertz CT molecular complexity index is 1530. The van der Waals surface area contributed by atoms with E-state index in [1.165, 1.54) is 0 Å². The average Bonchev–Trinajstić information content (AvgIpc) is 3.60. The van der Waals surface area contributed by atoms with E-state index in [4.69, 9.17) is 10.5 Å². The number of piperidine rings is 1. The van der Waals surface area contributed by atoms with Gasteiger partial charge in [-0.1, -0.05) is 30.3 Å². The number of nitrogens with two attached hydrogens (primary N) is 1. The summed E-state index contributed by atoms with van der Waals surface area (Å²) in [6.45, 7) is 0.836. The Kier molecular flexibility index (Phi) is 9.90. The standard InChI is InChI=1S/C33H42N8O5/c1-35-29(42)20-40-22-41(24-7-5-4-6-8-24)33(32(40)45)13-15-39(16-14-33)31(44)28(17-23-9-11-26(46-3)12-10-23)37-30(43)27(34)18-25-19-36-21-38(25)2/h4-12,19,21,27-28H,13-18,20,22,34H2,1-3H3,(H,35,42)(H,37,43)/t27-,28+/m0/s1. The smallest absolute Gasteiger partial charge is 0.250 e. The number of imidazole rings is 1. The highest BCUT2D eigenvalue weighted by atomic mass is 16.5. The number of nitrogens with one attached hydrogen (secondary N) is 2. The first-order chi connectivity index (χ1) is 22.1. The summed E-state index contributed by atoms with van der Waals surface area (Å²) in [5.41, 5.74) is 7.92. The third kappa shape index (κ3) is 6.84. The molecule has 4 amide bonds. The van der Waals surface area contributed by atoms with E-state index < -0.39 is 23.5 Å². The minimum Gasteiger partial charge on any atom is -0.497 e. The van der Waals surface area contributed by atoms with Crippen molar-refractivity contribution in [1.29, 1.82) is 0 Å². The van der Waals surface area contributed by atoms with Crippen LogP contribution < -0.4 is 26.0 Å². The van der Waals surface area contributed by atoms with Crippen molar-refractivity contribution in [3.63, 3.8) is 0 Å². The second kappa shape index (κ2) is 14.0. The highest BCUT2D eigenvalue weighted by Crippen LogP contribution is 2.39. The number of carbonyl (C=O) groups excluding carboxylic acids is 4. The maximum absolute atomic E-state index is 14.1. The van der Waals surface area contributed by atoms with E-state index >= 15 is 0 Å². The number of hydrogen-bond acceptors (Lipinski definition) is 8. The molecule has 13 heteroatoms. The molecule has 0 unspecified atom stereocenters. The molecule has 2 aliphatic rings. The molecule has 2 saturated heterocycles. The van der Waals surface area contributed by atoms with E-state index in [1.54, 1.807) is 41.0 Å². The molecule has 4 N–H and O–H groups in total. The molecule has 46 heavy (non-hydrogen) atoms. The Labute approximate surface area is 268 Å². The highest BCUT2D eigenvalue weighted by molar-refractivity contribution is 5.96. The largest absolute Gasteiger partial charge is 0.497 e. The number of nitrogens with zero attached hydrogens (tertiary/aromatic N) is 5. The molecule has 1 spiro atoms. The monoisotopic (exact) mass is 630 g/mol. The normalized spacial score (nSPS) is 17.1. The van der Waals surface area contributed by atoms with Crippen molar-refractivity contribution in [2.75, 3.05) is 45.4 Å². The average molecular weight is 631 g/mol. The van der Waals surface area contributed by atoms with Crippen LogP contribution in [0.1, 0.15) is 24.1 Å². The number of benzene rings is 2. The summed E-state index contributed by atoms with van der Waals surface area (Å²) in [5, 5.41) is 5.51. The number of aryl methyl sites for hydroxylation is 1. The predicted molar refractivity (Wildman–Crippen MR) is 172 cm³/mol. The van der Waals surface area contributed by atoms with Gasteiger partial charge < -0.3 is 40.4 Å². The molecule has 0 bridgehead atoms. The van der Waals surface area contributed by atoms with Gasteiger partial charge in [-0.25, -0.2) is 4.98 Å². The number of para-hydroxylation sites is 1. The van der Waals surface area contributed by atoms with Crippen LogP contribution in [0, 0.1) is 0 Å². The third-order valence-corrected chi connectivity index (χ3v) is 8.99. The summed E-state index contributed by atoms with van der Waals surface area (Å²) < 4.78 is 7.08. The zero-order valence-corrected chi connectivity index (χ0v) is 26.5. The van der Waals surface area contributed by atoms with Gasteiger partial charge in [0.05, 0.1) is 26.1 Å². The fourth-order valence-corrected chi connectivity index (χ4v) is 6.27. The Balaban J connectivity index is 1.34. The first-order valence-corrected chi connectivity index (χ1v) is 15.4. The van der Waals surface area contributed by atoms with E-state index in [0.717, 1.165) is 16.9 Å². The maximum Gasteiger partial charge on any atom is 0.250 e. The number of ether oxygens (including phenoxy) is 1. The molecule has 2 aromatic carbocycles. The molecule has 5 rings (SSSR count). The molecule has 2 fully saturated rings. The van der Waals surface area contributed by atoms with Gasteiger partial charge in [0.2, 0.25) is 17.7 Å². The Morgan fingerprint density at radius 3 is 2.35 bits per heavy atom. The molecule has 0 aliphatic carbocycles. The molecular weight excluding hydrogens is 588 g/mol. The van der Waals surface area contributed by atoms with Gasteiger partial charge in [-0.3, -0.25) is 19.2 Å². The minimum atomic E-state index is -0.896. The van der Waals surface area contributed by atoms with Crippen LogP contribution in [0.15, 0.2) is 67.1 Å². The zero-order chi connectivity index (χ0) is 32.8.